The van der Waals surface area contributed by atoms with Crippen LogP contribution in [-0.2, 0) is 11.8 Å². The number of amides is 1. The Balaban J connectivity index is 1.34. The average molecular weight is 437 g/mol. The van der Waals surface area contributed by atoms with Crippen molar-refractivity contribution in [1.82, 2.24) is 19.7 Å². The molecule has 8 nitrogen and oxygen atoms in total. The van der Waals surface area contributed by atoms with Crippen LogP contribution in [0.4, 0.5) is 0 Å². The fourth-order valence-corrected chi connectivity index (χ4v) is 4.25. The van der Waals surface area contributed by atoms with E-state index in [2.05, 4.69) is 10.1 Å². The summed E-state index contributed by atoms with van der Waals surface area (Å²) < 4.78 is 12.6. The predicted molar refractivity (Wildman–Crippen MR) is 120 cm³/mol. The van der Waals surface area contributed by atoms with Crippen LogP contribution in [0.15, 0.2) is 30.3 Å². The van der Waals surface area contributed by atoms with E-state index in [4.69, 9.17) is 9.47 Å². The summed E-state index contributed by atoms with van der Waals surface area (Å²) in [7, 11) is 3.41. The minimum Gasteiger partial charge on any atom is -0.497 e. The second kappa shape index (κ2) is 8.98. The number of pyridine rings is 1. The van der Waals surface area contributed by atoms with Gasteiger partial charge in [-0.1, -0.05) is 0 Å². The third-order valence-corrected chi connectivity index (χ3v) is 6.01. The first-order valence-electron chi connectivity index (χ1n) is 10.8. The maximum absolute atomic E-state index is 12.8. The molecule has 168 valence electrons. The highest BCUT2D eigenvalue weighted by molar-refractivity contribution is 5.98. The summed E-state index contributed by atoms with van der Waals surface area (Å²) in [5.41, 5.74) is 3.34. The Morgan fingerprint density at radius 3 is 2.47 bits per heavy atom. The highest BCUT2D eigenvalue weighted by Gasteiger charge is 2.28. The van der Waals surface area contributed by atoms with Crippen LogP contribution in [0.25, 0.3) is 11.0 Å². The van der Waals surface area contributed by atoms with E-state index in [-0.39, 0.29) is 24.2 Å². The Morgan fingerprint density at radius 1 is 1.12 bits per heavy atom. The van der Waals surface area contributed by atoms with Gasteiger partial charge in [0.25, 0.3) is 5.91 Å². The van der Waals surface area contributed by atoms with Crippen LogP contribution in [0, 0.1) is 19.8 Å². The number of ketones is 1. The van der Waals surface area contributed by atoms with Gasteiger partial charge in [0.2, 0.25) is 5.88 Å². The number of rotatable bonds is 6. The summed E-state index contributed by atoms with van der Waals surface area (Å²) in [6.07, 6.45) is 1.29. The number of carbonyl (C=O) groups excluding carboxylic acids is 2. The number of benzene rings is 1. The number of methoxy groups -OCH3 is 1. The quantitative estimate of drug-likeness (QED) is 0.552. The summed E-state index contributed by atoms with van der Waals surface area (Å²) in [6.45, 7) is 4.91. The molecule has 0 unspecified atom stereocenters. The molecule has 4 rings (SSSR count). The molecule has 1 aliphatic heterocycles. The van der Waals surface area contributed by atoms with Crippen molar-refractivity contribution in [2.45, 2.75) is 26.7 Å². The van der Waals surface area contributed by atoms with Crippen molar-refractivity contribution in [2.75, 3.05) is 26.8 Å². The van der Waals surface area contributed by atoms with Crippen LogP contribution in [0.2, 0.25) is 0 Å². The highest BCUT2D eigenvalue weighted by Crippen LogP contribution is 2.27. The molecular weight excluding hydrogens is 408 g/mol. The first kappa shape index (κ1) is 21.8. The number of likely N-dealkylation sites (tertiary alicyclic amines) is 1. The third-order valence-electron chi connectivity index (χ3n) is 6.01. The van der Waals surface area contributed by atoms with E-state index in [9.17, 15) is 9.59 Å². The molecule has 0 saturated carbocycles. The molecule has 1 saturated heterocycles. The molecule has 0 N–H and O–H groups in total. The van der Waals surface area contributed by atoms with Crippen LogP contribution in [0.5, 0.6) is 11.6 Å². The number of nitrogens with zero attached hydrogens (tertiary/aromatic N) is 4. The molecule has 3 heterocycles. The van der Waals surface area contributed by atoms with Crippen LogP contribution in [0.1, 0.15) is 34.5 Å². The highest BCUT2D eigenvalue weighted by atomic mass is 16.5. The molecule has 1 fully saturated rings. The van der Waals surface area contributed by atoms with Crippen molar-refractivity contribution in [3.8, 4) is 11.6 Å². The van der Waals surface area contributed by atoms with Gasteiger partial charge in [0.1, 0.15) is 5.75 Å². The second-order valence-electron chi connectivity index (χ2n) is 8.24. The summed E-state index contributed by atoms with van der Waals surface area (Å²) in [5, 5.41) is 5.23. The zero-order valence-corrected chi connectivity index (χ0v) is 18.9. The maximum Gasteiger partial charge on any atom is 0.260 e. The number of hydrogen-bond acceptors (Lipinski definition) is 6. The van der Waals surface area contributed by atoms with E-state index in [0.717, 1.165) is 28.0 Å². The predicted octanol–water partition coefficient (Wildman–Crippen LogP) is 3.09. The zero-order valence-electron chi connectivity index (χ0n) is 18.9. The Kier molecular flexibility index (Phi) is 6.12. The second-order valence-corrected chi connectivity index (χ2v) is 8.24. The van der Waals surface area contributed by atoms with Crippen molar-refractivity contribution in [1.29, 1.82) is 0 Å². The maximum atomic E-state index is 12.8. The summed E-state index contributed by atoms with van der Waals surface area (Å²) in [4.78, 5) is 31.8. The molecule has 2 aromatic heterocycles. The van der Waals surface area contributed by atoms with Gasteiger partial charge >= 0.3 is 0 Å². The summed E-state index contributed by atoms with van der Waals surface area (Å²) >= 11 is 0. The molecule has 1 aromatic carbocycles. The van der Waals surface area contributed by atoms with E-state index in [1.165, 1.54) is 0 Å². The molecule has 1 aliphatic rings. The topological polar surface area (TPSA) is 86.5 Å². The van der Waals surface area contributed by atoms with Crippen molar-refractivity contribution in [3.05, 3.63) is 47.2 Å². The number of carbonyl (C=O) groups is 2. The first-order chi connectivity index (χ1) is 15.4. The van der Waals surface area contributed by atoms with Crippen molar-refractivity contribution < 1.29 is 19.1 Å². The lowest BCUT2D eigenvalue weighted by molar-refractivity contribution is -0.134. The number of hydrogen-bond donors (Lipinski definition) is 0. The van der Waals surface area contributed by atoms with Crippen LogP contribution < -0.4 is 9.47 Å². The van der Waals surface area contributed by atoms with E-state index in [1.807, 2.05) is 27.0 Å². The molecule has 0 aliphatic carbocycles. The van der Waals surface area contributed by atoms with Gasteiger partial charge in [-0.3, -0.25) is 9.59 Å². The van der Waals surface area contributed by atoms with Gasteiger partial charge in [-0.2, -0.15) is 0 Å². The number of aromatic nitrogens is 3. The normalized spacial score (nSPS) is 14.6. The largest absolute Gasteiger partial charge is 0.497 e. The molecule has 0 radical (unpaired) electrons. The van der Waals surface area contributed by atoms with Crippen LogP contribution in [0.3, 0.4) is 0 Å². The summed E-state index contributed by atoms with van der Waals surface area (Å²) in [6, 6.07) is 9.15. The van der Waals surface area contributed by atoms with E-state index in [1.54, 1.807) is 41.0 Å². The molecule has 0 atom stereocenters. The van der Waals surface area contributed by atoms with Gasteiger partial charge in [-0.05, 0) is 62.6 Å². The zero-order chi connectivity index (χ0) is 22.8. The van der Waals surface area contributed by atoms with E-state index >= 15 is 0 Å². The van der Waals surface area contributed by atoms with E-state index < -0.39 is 0 Å². The summed E-state index contributed by atoms with van der Waals surface area (Å²) in [5.74, 6) is 1.09. The lowest BCUT2D eigenvalue weighted by Crippen LogP contribution is -2.42. The fourth-order valence-electron chi connectivity index (χ4n) is 4.25. The Morgan fingerprint density at radius 2 is 1.81 bits per heavy atom. The van der Waals surface area contributed by atoms with Crippen LogP contribution in [-0.4, -0.2) is 58.2 Å². The van der Waals surface area contributed by atoms with Gasteiger partial charge in [0.15, 0.2) is 18.0 Å². The smallest absolute Gasteiger partial charge is 0.260 e. The molecule has 1 amide bonds. The lowest BCUT2D eigenvalue weighted by Gasteiger charge is -2.31. The third kappa shape index (κ3) is 4.30. The molecule has 32 heavy (non-hydrogen) atoms. The lowest BCUT2D eigenvalue weighted by atomic mass is 9.89. The molecule has 0 bridgehead atoms. The van der Waals surface area contributed by atoms with Gasteiger partial charge in [0.05, 0.1) is 12.5 Å². The minimum absolute atomic E-state index is 0.0786. The van der Waals surface area contributed by atoms with E-state index in [0.29, 0.717) is 37.4 Å². The van der Waals surface area contributed by atoms with Crippen molar-refractivity contribution in [3.63, 3.8) is 0 Å². The van der Waals surface area contributed by atoms with Gasteiger partial charge in [-0.15, -0.1) is 5.10 Å². The molecule has 8 heteroatoms. The standard InChI is InChI=1S/C24H28N4O4/c1-15-13-16(2)25-23-21(15)24(26-27(23)3)32-14-20(29)28-11-9-18(10-12-28)22(30)17-5-7-19(31-4)8-6-17/h5-8,13,18H,9-12,14H2,1-4H3. The number of ether oxygens (including phenoxy) is 2. The first-order valence-corrected chi connectivity index (χ1v) is 10.8. The van der Waals surface area contributed by atoms with Gasteiger partial charge in [-0.25, -0.2) is 9.67 Å². The van der Waals surface area contributed by atoms with Crippen LogP contribution >= 0.6 is 0 Å². The average Bonchev–Trinajstić information content (AvgIpc) is 3.12. The van der Waals surface area contributed by atoms with Gasteiger partial charge in [0, 0.05) is 37.3 Å². The van der Waals surface area contributed by atoms with Gasteiger partial charge < -0.3 is 14.4 Å². The van der Waals surface area contributed by atoms with Crippen molar-refractivity contribution >= 4 is 22.7 Å². The Bertz CT molecular complexity index is 1150. The number of fused-ring (bicyclic) bond motifs is 1. The Hall–Kier alpha value is -3.42. The number of Topliss-reactive ketones (excluding diaryl/α,β-unsaturated/α-hetero) is 1. The molecule has 0 spiro atoms. The van der Waals surface area contributed by atoms with Crippen molar-refractivity contribution in [2.24, 2.45) is 13.0 Å². The fraction of sp³-hybridized carbons (Fsp3) is 0.417. The SMILES string of the molecule is COc1ccc(C(=O)C2CCN(C(=O)COc3nn(C)c4nc(C)cc(C)c34)CC2)cc1. The Labute approximate surface area is 187 Å². The number of aryl methyl sites for hydroxylation is 3. The number of piperidine rings is 1. The molecule has 3 aromatic rings. The minimum atomic E-state index is -0.100. The monoisotopic (exact) mass is 436 g/mol. The molecular formula is C24H28N4O4.